The average molecular weight is 527 g/mol. The van der Waals surface area contributed by atoms with Gasteiger partial charge >= 0.3 is 0 Å². The Kier molecular flexibility index (Phi) is 6.35. The van der Waals surface area contributed by atoms with Crippen molar-refractivity contribution in [1.82, 2.24) is 19.9 Å². The van der Waals surface area contributed by atoms with E-state index in [4.69, 9.17) is 5.73 Å². The maximum Gasteiger partial charge on any atom is 0.254 e. The Morgan fingerprint density at radius 1 is 1.03 bits per heavy atom. The number of nitriles is 1. The van der Waals surface area contributed by atoms with Crippen molar-refractivity contribution >= 4 is 16.9 Å². The van der Waals surface area contributed by atoms with Crippen molar-refractivity contribution in [3.8, 4) is 28.3 Å². The monoisotopic (exact) mass is 526 g/mol. The highest BCUT2D eigenvalue weighted by molar-refractivity contribution is 5.99. The summed E-state index contributed by atoms with van der Waals surface area (Å²) in [5.74, 6) is -1.26. The molecule has 0 saturated carbocycles. The first kappa shape index (κ1) is 25.1. The molecule has 2 aliphatic heterocycles. The van der Waals surface area contributed by atoms with Gasteiger partial charge < -0.3 is 10.6 Å². The number of nitrogens with two attached hydrogens (primary N) is 1. The fourth-order valence-corrected chi connectivity index (χ4v) is 6.20. The standard InChI is InChI=1S/C30H28F2N6O/c1-2-9-37-29-15-27(32)25(14-28(29)35-36-37)23-8-5-18(10-24(23)17-3-4-19(16-33)26(31)11-17)30(39)38-21-6-7-22(38)13-20(34)12-21/h3-5,8,10-11,14-15,20-22H,2,6-7,9,12-13,34H2,1H3/t20?,21-,22+. The summed E-state index contributed by atoms with van der Waals surface area (Å²) in [5, 5.41) is 17.6. The molecule has 0 aliphatic carbocycles. The molecule has 0 radical (unpaired) electrons. The quantitative estimate of drug-likeness (QED) is 0.374. The van der Waals surface area contributed by atoms with Gasteiger partial charge in [-0.15, -0.1) is 5.10 Å². The van der Waals surface area contributed by atoms with Crippen LogP contribution in [0.15, 0.2) is 48.5 Å². The van der Waals surface area contributed by atoms with Crippen molar-refractivity contribution in [3.05, 3.63) is 71.3 Å². The Labute approximate surface area is 224 Å². The number of rotatable bonds is 5. The lowest BCUT2D eigenvalue weighted by atomic mass is 9.90. The van der Waals surface area contributed by atoms with Crippen molar-refractivity contribution in [1.29, 1.82) is 5.26 Å². The maximum atomic E-state index is 15.6. The van der Waals surface area contributed by atoms with Crippen molar-refractivity contribution < 1.29 is 13.6 Å². The minimum atomic E-state index is -0.681. The Hall–Kier alpha value is -4.16. The number of fused-ring (bicyclic) bond motifs is 3. The summed E-state index contributed by atoms with van der Waals surface area (Å²) < 4.78 is 32.0. The molecule has 1 amide bonds. The largest absolute Gasteiger partial charge is 0.333 e. The molecular weight excluding hydrogens is 498 g/mol. The van der Waals surface area contributed by atoms with Gasteiger partial charge in [0.05, 0.1) is 11.1 Å². The smallest absolute Gasteiger partial charge is 0.254 e. The molecule has 3 atom stereocenters. The summed E-state index contributed by atoms with van der Waals surface area (Å²) in [5.41, 5.74) is 9.39. The Balaban J connectivity index is 1.48. The summed E-state index contributed by atoms with van der Waals surface area (Å²) in [4.78, 5) is 15.7. The van der Waals surface area contributed by atoms with Crippen LogP contribution in [-0.2, 0) is 6.54 Å². The number of carbonyl (C=O) groups excluding carboxylic acids is 1. The van der Waals surface area contributed by atoms with Crippen LogP contribution in [0.1, 0.15) is 54.9 Å². The lowest BCUT2D eigenvalue weighted by molar-refractivity contribution is 0.0575. The molecule has 0 spiro atoms. The van der Waals surface area contributed by atoms with Gasteiger partial charge in [-0.2, -0.15) is 5.26 Å². The number of piperidine rings is 1. The number of nitrogens with zero attached hydrogens (tertiary/aromatic N) is 5. The second-order valence-electron chi connectivity index (χ2n) is 10.5. The molecule has 4 aromatic rings. The summed E-state index contributed by atoms with van der Waals surface area (Å²) in [7, 11) is 0. The van der Waals surface area contributed by atoms with E-state index in [0.29, 0.717) is 39.8 Å². The van der Waals surface area contributed by atoms with E-state index in [-0.39, 0.29) is 35.2 Å². The zero-order chi connectivity index (χ0) is 27.3. The van der Waals surface area contributed by atoms with Crippen molar-refractivity contribution in [2.75, 3.05) is 0 Å². The summed E-state index contributed by atoms with van der Waals surface area (Å²) >= 11 is 0. The minimum Gasteiger partial charge on any atom is -0.333 e. The van der Waals surface area contributed by atoms with E-state index in [9.17, 15) is 14.4 Å². The van der Waals surface area contributed by atoms with Crippen LogP contribution in [0.25, 0.3) is 33.3 Å². The third-order valence-electron chi connectivity index (χ3n) is 8.00. The van der Waals surface area contributed by atoms with E-state index >= 15 is 4.39 Å². The molecule has 2 N–H and O–H groups in total. The van der Waals surface area contributed by atoms with Gasteiger partial charge in [-0.25, -0.2) is 13.5 Å². The van der Waals surface area contributed by atoms with Crippen molar-refractivity contribution in [3.63, 3.8) is 0 Å². The molecule has 1 aromatic heterocycles. The van der Waals surface area contributed by atoms with Crippen LogP contribution in [-0.4, -0.2) is 43.9 Å². The highest BCUT2D eigenvalue weighted by atomic mass is 19.1. The molecular formula is C30H28F2N6O. The molecule has 3 aromatic carbocycles. The van der Waals surface area contributed by atoms with Gasteiger partial charge in [0.1, 0.15) is 23.2 Å². The molecule has 2 fully saturated rings. The molecule has 198 valence electrons. The number of halogens is 2. The van der Waals surface area contributed by atoms with Gasteiger partial charge in [-0.1, -0.05) is 24.3 Å². The normalized spacial score (nSPS) is 20.4. The van der Waals surface area contributed by atoms with Crippen LogP contribution in [0.4, 0.5) is 8.78 Å². The molecule has 9 heteroatoms. The van der Waals surface area contributed by atoms with E-state index in [1.807, 2.05) is 17.9 Å². The Bertz CT molecular complexity index is 1630. The maximum absolute atomic E-state index is 15.6. The molecule has 6 rings (SSSR count). The second kappa shape index (κ2) is 9.86. The number of hydrogen-bond acceptors (Lipinski definition) is 5. The SMILES string of the molecule is CCCn1nnc2cc(-c3ccc(C(=O)N4[C@@H]5CC[C@H]4CC(N)C5)cc3-c3ccc(C#N)c(F)c3)c(F)cc21. The van der Waals surface area contributed by atoms with E-state index in [1.165, 1.54) is 18.2 Å². The number of hydrogen-bond donors (Lipinski definition) is 1. The van der Waals surface area contributed by atoms with Crippen LogP contribution < -0.4 is 5.73 Å². The van der Waals surface area contributed by atoms with E-state index < -0.39 is 11.6 Å². The fourth-order valence-electron chi connectivity index (χ4n) is 6.20. The Morgan fingerprint density at radius 3 is 2.49 bits per heavy atom. The van der Waals surface area contributed by atoms with Gasteiger partial charge in [-0.05, 0) is 79.1 Å². The van der Waals surface area contributed by atoms with E-state index in [1.54, 1.807) is 35.0 Å². The lowest BCUT2D eigenvalue weighted by Gasteiger charge is -2.38. The number of aryl methyl sites for hydroxylation is 1. The number of benzene rings is 3. The zero-order valence-electron chi connectivity index (χ0n) is 21.6. The minimum absolute atomic E-state index is 0.0890. The van der Waals surface area contributed by atoms with E-state index in [2.05, 4.69) is 10.3 Å². The van der Waals surface area contributed by atoms with Crippen molar-refractivity contribution in [2.45, 2.75) is 63.7 Å². The molecule has 1 unspecified atom stereocenters. The second-order valence-corrected chi connectivity index (χ2v) is 10.5. The van der Waals surface area contributed by atoms with Crippen LogP contribution in [0.2, 0.25) is 0 Å². The van der Waals surface area contributed by atoms with Gasteiger partial charge in [0.25, 0.3) is 5.91 Å². The summed E-state index contributed by atoms with van der Waals surface area (Å²) in [6.45, 7) is 2.62. The molecule has 3 heterocycles. The highest BCUT2D eigenvalue weighted by Gasteiger charge is 2.42. The summed E-state index contributed by atoms with van der Waals surface area (Å²) in [6.07, 6.45) is 4.24. The van der Waals surface area contributed by atoms with Gasteiger partial charge in [-0.3, -0.25) is 4.79 Å². The predicted molar refractivity (Wildman–Crippen MR) is 144 cm³/mol. The topological polar surface area (TPSA) is 101 Å². The average Bonchev–Trinajstić information content (AvgIpc) is 3.44. The molecule has 39 heavy (non-hydrogen) atoms. The molecule has 2 saturated heterocycles. The van der Waals surface area contributed by atoms with Crippen LogP contribution in [0, 0.1) is 23.0 Å². The van der Waals surface area contributed by atoms with Crippen molar-refractivity contribution in [2.24, 2.45) is 5.73 Å². The summed E-state index contributed by atoms with van der Waals surface area (Å²) in [6, 6.07) is 14.6. The first-order chi connectivity index (χ1) is 18.9. The molecule has 2 aliphatic rings. The number of amides is 1. The fraction of sp³-hybridized carbons (Fsp3) is 0.333. The zero-order valence-corrected chi connectivity index (χ0v) is 21.6. The van der Waals surface area contributed by atoms with Crippen LogP contribution in [0.5, 0.6) is 0 Å². The third-order valence-corrected chi connectivity index (χ3v) is 8.00. The Morgan fingerprint density at radius 2 is 1.79 bits per heavy atom. The van der Waals surface area contributed by atoms with E-state index in [0.717, 1.165) is 32.1 Å². The number of aromatic nitrogens is 3. The van der Waals surface area contributed by atoms with Gasteiger partial charge in [0.15, 0.2) is 0 Å². The lowest BCUT2D eigenvalue weighted by Crippen LogP contribution is -2.50. The van der Waals surface area contributed by atoms with Crippen LogP contribution in [0.3, 0.4) is 0 Å². The molecule has 7 nitrogen and oxygen atoms in total. The number of carbonyl (C=O) groups is 1. The predicted octanol–water partition coefficient (Wildman–Crippen LogP) is 5.42. The highest BCUT2D eigenvalue weighted by Crippen LogP contribution is 2.39. The first-order valence-electron chi connectivity index (χ1n) is 13.3. The van der Waals surface area contributed by atoms with Gasteiger partial charge in [0.2, 0.25) is 0 Å². The third kappa shape index (κ3) is 4.35. The van der Waals surface area contributed by atoms with Gasteiger partial charge in [0, 0.05) is 41.9 Å². The first-order valence-corrected chi connectivity index (χ1v) is 13.3. The van der Waals surface area contributed by atoms with Crippen LogP contribution >= 0.6 is 0 Å². The molecule has 2 bridgehead atoms.